The second kappa shape index (κ2) is 7.91. The number of nitrogens with one attached hydrogen (secondary N) is 3. The summed E-state index contributed by atoms with van der Waals surface area (Å²) in [6.07, 6.45) is 0. The van der Waals surface area contributed by atoms with Crippen LogP contribution in [0.4, 0.5) is 17.1 Å². The molecule has 0 saturated heterocycles. The molecule has 2 aromatic carbocycles. The predicted molar refractivity (Wildman–Crippen MR) is 118 cm³/mol. The average Bonchev–Trinajstić information content (AvgIpc) is 2.63. The van der Waals surface area contributed by atoms with Crippen molar-refractivity contribution in [1.82, 2.24) is 9.97 Å². The van der Waals surface area contributed by atoms with Crippen LogP contribution >= 0.6 is 0 Å². The van der Waals surface area contributed by atoms with E-state index in [1.54, 1.807) is 6.92 Å². The fourth-order valence-corrected chi connectivity index (χ4v) is 2.79. The van der Waals surface area contributed by atoms with Crippen LogP contribution < -0.4 is 16.2 Å². The van der Waals surface area contributed by atoms with Crippen molar-refractivity contribution in [2.45, 2.75) is 34.6 Å². The molecule has 6 nitrogen and oxygen atoms in total. The summed E-state index contributed by atoms with van der Waals surface area (Å²) >= 11 is 0. The lowest BCUT2D eigenvalue weighted by atomic mass is 9.95. The number of amides is 1. The Labute approximate surface area is 170 Å². The van der Waals surface area contributed by atoms with Crippen molar-refractivity contribution in [3.63, 3.8) is 0 Å². The number of hydrogen-bond acceptors (Lipinski definition) is 4. The van der Waals surface area contributed by atoms with Crippen molar-refractivity contribution in [2.24, 2.45) is 5.41 Å². The highest BCUT2D eigenvalue weighted by Crippen LogP contribution is 2.26. The van der Waals surface area contributed by atoms with Gasteiger partial charge in [0.05, 0.1) is 0 Å². The van der Waals surface area contributed by atoms with Crippen LogP contribution in [0.3, 0.4) is 0 Å². The van der Waals surface area contributed by atoms with Crippen LogP contribution in [0.2, 0.25) is 0 Å². The summed E-state index contributed by atoms with van der Waals surface area (Å²) in [7, 11) is 0. The van der Waals surface area contributed by atoms with Gasteiger partial charge in [-0.15, -0.1) is 0 Å². The molecule has 0 bridgehead atoms. The minimum absolute atomic E-state index is 0.0142. The Morgan fingerprint density at radius 2 is 1.62 bits per heavy atom. The normalized spacial score (nSPS) is 11.2. The van der Waals surface area contributed by atoms with Crippen LogP contribution in [0, 0.1) is 19.3 Å². The molecule has 150 valence electrons. The molecule has 3 N–H and O–H groups in total. The van der Waals surface area contributed by atoms with Gasteiger partial charge in [-0.1, -0.05) is 20.8 Å². The molecule has 1 aromatic heterocycles. The summed E-state index contributed by atoms with van der Waals surface area (Å²) in [5.74, 6) is 0.538. The Kier molecular flexibility index (Phi) is 5.55. The van der Waals surface area contributed by atoms with Crippen molar-refractivity contribution in [1.29, 1.82) is 0 Å². The topological polar surface area (TPSA) is 86.9 Å². The number of carbonyl (C=O) groups is 1. The van der Waals surface area contributed by atoms with Gasteiger partial charge in [-0.05, 0) is 61.9 Å². The number of aryl methyl sites for hydroxylation is 2. The highest BCUT2D eigenvalue weighted by atomic mass is 16.2. The maximum Gasteiger partial charge on any atom is 0.251 e. The third kappa shape index (κ3) is 5.10. The number of nitrogens with zero attached hydrogens (tertiary/aromatic N) is 1. The first kappa shape index (κ1) is 20.3. The maximum absolute atomic E-state index is 12.2. The summed E-state index contributed by atoms with van der Waals surface area (Å²) in [5, 5.41) is 6.33. The molecule has 0 atom stereocenters. The summed E-state index contributed by atoms with van der Waals surface area (Å²) in [6, 6.07) is 15.0. The molecular formula is C23H26N4O2. The van der Waals surface area contributed by atoms with Crippen LogP contribution in [0.15, 0.2) is 53.3 Å². The molecule has 1 amide bonds. The molecule has 6 heteroatoms. The molecule has 1 heterocycles. The Hall–Kier alpha value is -3.41. The number of rotatable bonds is 4. The van der Waals surface area contributed by atoms with Crippen molar-refractivity contribution < 1.29 is 4.79 Å². The van der Waals surface area contributed by atoms with Crippen LogP contribution in [-0.4, -0.2) is 15.9 Å². The van der Waals surface area contributed by atoms with Crippen molar-refractivity contribution >= 4 is 23.0 Å². The largest absolute Gasteiger partial charge is 0.356 e. The van der Waals surface area contributed by atoms with E-state index in [0.29, 0.717) is 11.5 Å². The third-order valence-electron chi connectivity index (χ3n) is 4.47. The molecular weight excluding hydrogens is 364 g/mol. The SMILES string of the molecule is Cc1cc(=O)[nH]c(-c2ccc(Nc3ccc(NC(=O)C(C)(C)C)c(C)c3)cc2)n1. The van der Waals surface area contributed by atoms with Crippen molar-refractivity contribution in [2.75, 3.05) is 10.6 Å². The van der Waals surface area contributed by atoms with Gasteiger partial charge in [0, 0.05) is 39.8 Å². The van der Waals surface area contributed by atoms with Gasteiger partial charge < -0.3 is 15.6 Å². The standard InChI is InChI=1S/C23H26N4O2/c1-14-12-18(10-11-19(14)26-22(29)23(3,4)5)25-17-8-6-16(7-9-17)21-24-15(2)13-20(28)27-21/h6-13,25H,1-5H3,(H,26,29)(H,24,27,28). The summed E-state index contributed by atoms with van der Waals surface area (Å²) < 4.78 is 0. The minimum atomic E-state index is -0.443. The van der Waals surface area contributed by atoms with E-state index in [9.17, 15) is 9.59 Å². The Morgan fingerprint density at radius 1 is 0.966 bits per heavy atom. The first-order valence-corrected chi connectivity index (χ1v) is 9.49. The molecule has 0 unspecified atom stereocenters. The molecule has 0 fully saturated rings. The number of H-pyrrole nitrogens is 1. The zero-order valence-corrected chi connectivity index (χ0v) is 17.4. The Morgan fingerprint density at radius 3 is 2.21 bits per heavy atom. The lowest BCUT2D eigenvalue weighted by Gasteiger charge is -2.19. The van der Waals surface area contributed by atoms with E-state index in [4.69, 9.17) is 0 Å². The monoisotopic (exact) mass is 390 g/mol. The Bertz CT molecular complexity index is 1090. The fourth-order valence-electron chi connectivity index (χ4n) is 2.79. The maximum atomic E-state index is 12.2. The second-order valence-electron chi connectivity index (χ2n) is 8.17. The number of benzene rings is 2. The predicted octanol–water partition coefficient (Wildman–Crippen LogP) is 4.78. The third-order valence-corrected chi connectivity index (χ3v) is 4.47. The van der Waals surface area contributed by atoms with E-state index >= 15 is 0 Å². The van der Waals surface area contributed by atoms with E-state index in [-0.39, 0.29) is 11.5 Å². The van der Waals surface area contributed by atoms with Crippen LogP contribution in [0.1, 0.15) is 32.0 Å². The number of carbonyl (C=O) groups excluding carboxylic acids is 1. The summed E-state index contributed by atoms with van der Waals surface area (Å²) in [4.78, 5) is 31.0. The van der Waals surface area contributed by atoms with Crippen molar-refractivity contribution in [3.05, 3.63) is 70.1 Å². The highest BCUT2D eigenvalue weighted by Gasteiger charge is 2.21. The molecule has 0 radical (unpaired) electrons. The van der Waals surface area contributed by atoms with Gasteiger partial charge in [0.2, 0.25) is 5.91 Å². The number of hydrogen-bond donors (Lipinski definition) is 3. The zero-order valence-electron chi connectivity index (χ0n) is 17.4. The van der Waals surface area contributed by atoms with Crippen LogP contribution in [0.5, 0.6) is 0 Å². The quantitative estimate of drug-likeness (QED) is 0.598. The molecule has 0 spiro atoms. The molecule has 0 saturated carbocycles. The molecule has 29 heavy (non-hydrogen) atoms. The van der Waals surface area contributed by atoms with Gasteiger partial charge in [0.15, 0.2) is 0 Å². The van der Waals surface area contributed by atoms with Gasteiger partial charge in [-0.3, -0.25) is 9.59 Å². The molecule has 3 aromatic rings. The molecule has 0 aliphatic rings. The van der Waals surface area contributed by atoms with Gasteiger partial charge in [0.1, 0.15) is 5.82 Å². The number of anilines is 3. The minimum Gasteiger partial charge on any atom is -0.356 e. The van der Waals surface area contributed by atoms with Crippen molar-refractivity contribution in [3.8, 4) is 11.4 Å². The van der Waals surface area contributed by atoms with Gasteiger partial charge in [-0.2, -0.15) is 0 Å². The first-order valence-electron chi connectivity index (χ1n) is 9.49. The average molecular weight is 390 g/mol. The van der Waals surface area contributed by atoms with Crippen LogP contribution in [0.25, 0.3) is 11.4 Å². The summed E-state index contributed by atoms with van der Waals surface area (Å²) in [5.41, 5.74) is 4.53. The van der Waals surface area contributed by atoms with E-state index in [1.807, 2.05) is 70.2 Å². The van der Waals surface area contributed by atoms with E-state index < -0.39 is 5.41 Å². The second-order valence-corrected chi connectivity index (χ2v) is 8.17. The van der Waals surface area contributed by atoms with E-state index in [1.165, 1.54) is 6.07 Å². The first-order chi connectivity index (χ1) is 13.6. The summed E-state index contributed by atoms with van der Waals surface area (Å²) in [6.45, 7) is 9.42. The van der Waals surface area contributed by atoms with E-state index in [2.05, 4.69) is 20.6 Å². The molecule has 3 rings (SSSR count). The molecule has 0 aliphatic heterocycles. The molecule has 0 aliphatic carbocycles. The van der Waals surface area contributed by atoms with Gasteiger partial charge in [-0.25, -0.2) is 4.98 Å². The van der Waals surface area contributed by atoms with Gasteiger partial charge in [0.25, 0.3) is 5.56 Å². The number of aromatic amines is 1. The lowest BCUT2D eigenvalue weighted by Crippen LogP contribution is -2.27. The zero-order chi connectivity index (χ0) is 21.2. The van der Waals surface area contributed by atoms with Gasteiger partial charge >= 0.3 is 0 Å². The smallest absolute Gasteiger partial charge is 0.251 e. The van der Waals surface area contributed by atoms with Crippen LogP contribution in [-0.2, 0) is 4.79 Å². The number of aromatic nitrogens is 2. The highest BCUT2D eigenvalue weighted by molar-refractivity contribution is 5.95. The lowest BCUT2D eigenvalue weighted by molar-refractivity contribution is -0.123. The fraction of sp³-hybridized carbons (Fsp3) is 0.261. The van der Waals surface area contributed by atoms with E-state index in [0.717, 1.165) is 28.2 Å². The Balaban J connectivity index is 1.74.